The number of aliphatic hydroxyl groups is 1. The van der Waals surface area contributed by atoms with Crippen molar-refractivity contribution in [2.45, 2.75) is 26.4 Å². The Kier molecular flexibility index (Phi) is 4.73. The number of aliphatic hydroxyl groups excluding tert-OH is 1. The largest absolute Gasteiger partial charge is 0.481 e. The maximum atomic E-state index is 9.57. The highest BCUT2D eigenvalue weighted by Gasteiger charge is 2.03. The van der Waals surface area contributed by atoms with E-state index in [-0.39, 0.29) is 6.10 Å². The lowest BCUT2D eigenvalue weighted by Gasteiger charge is -2.08. The zero-order chi connectivity index (χ0) is 11.1. The molecule has 0 aromatic heterocycles. The molecule has 2 heteroatoms. The van der Waals surface area contributed by atoms with Crippen molar-refractivity contribution in [1.82, 2.24) is 0 Å². The first-order valence-corrected chi connectivity index (χ1v) is 5.08. The SMILES string of the molecule is CC#CCOc1ccc(C(O)CC)cc1. The standard InChI is InChI=1S/C13H16O2/c1-3-5-10-15-12-8-6-11(7-9-12)13(14)4-2/h6-9,13-14H,4,10H2,1-2H3. The summed E-state index contributed by atoms with van der Waals surface area (Å²) in [5.74, 6) is 6.37. The van der Waals surface area contributed by atoms with Crippen LogP contribution in [0.5, 0.6) is 5.75 Å². The molecule has 1 N–H and O–H groups in total. The molecule has 0 radical (unpaired) electrons. The Morgan fingerprint density at radius 3 is 2.53 bits per heavy atom. The van der Waals surface area contributed by atoms with E-state index >= 15 is 0 Å². The second kappa shape index (κ2) is 6.10. The third kappa shape index (κ3) is 3.65. The quantitative estimate of drug-likeness (QED) is 0.764. The maximum absolute atomic E-state index is 9.57. The van der Waals surface area contributed by atoms with E-state index in [0.717, 1.165) is 17.7 Å². The smallest absolute Gasteiger partial charge is 0.149 e. The molecule has 1 rings (SSSR count). The molecule has 0 aliphatic carbocycles. The predicted molar refractivity (Wildman–Crippen MR) is 60.6 cm³/mol. The van der Waals surface area contributed by atoms with Gasteiger partial charge in [-0.1, -0.05) is 25.0 Å². The summed E-state index contributed by atoms with van der Waals surface area (Å²) in [6, 6.07) is 7.46. The minimum absolute atomic E-state index is 0.380. The van der Waals surface area contributed by atoms with Crippen LogP contribution in [-0.4, -0.2) is 11.7 Å². The molecule has 15 heavy (non-hydrogen) atoms. The van der Waals surface area contributed by atoms with Gasteiger partial charge in [0.05, 0.1) is 6.10 Å². The van der Waals surface area contributed by atoms with E-state index in [2.05, 4.69) is 11.8 Å². The molecule has 0 aliphatic heterocycles. The molecule has 0 aliphatic rings. The first-order valence-electron chi connectivity index (χ1n) is 5.08. The van der Waals surface area contributed by atoms with Crippen molar-refractivity contribution in [2.24, 2.45) is 0 Å². The highest BCUT2D eigenvalue weighted by atomic mass is 16.5. The highest BCUT2D eigenvalue weighted by molar-refractivity contribution is 5.28. The van der Waals surface area contributed by atoms with Crippen LogP contribution < -0.4 is 4.74 Å². The van der Waals surface area contributed by atoms with Crippen molar-refractivity contribution in [1.29, 1.82) is 0 Å². The molecule has 2 nitrogen and oxygen atoms in total. The third-order valence-corrected chi connectivity index (χ3v) is 2.14. The zero-order valence-corrected chi connectivity index (χ0v) is 9.16. The van der Waals surface area contributed by atoms with Crippen LogP contribution in [0, 0.1) is 11.8 Å². The Morgan fingerprint density at radius 2 is 2.00 bits per heavy atom. The molecule has 0 amide bonds. The topological polar surface area (TPSA) is 29.5 Å². The molecule has 0 saturated carbocycles. The van der Waals surface area contributed by atoms with Crippen molar-refractivity contribution in [3.63, 3.8) is 0 Å². The Hall–Kier alpha value is -1.46. The Morgan fingerprint density at radius 1 is 1.33 bits per heavy atom. The van der Waals surface area contributed by atoms with Crippen molar-refractivity contribution in [2.75, 3.05) is 6.61 Å². The van der Waals surface area contributed by atoms with Gasteiger partial charge >= 0.3 is 0 Å². The molecule has 0 fully saturated rings. The molecule has 80 valence electrons. The molecular formula is C13H16O2. The number of hydrogen-bond donors (Lipinski definition) is 1. The summed E-state index contributed by atoms with van der Waals surface area (Å²) in [4.78, 5) is 0. The third-order valence-electron chi connectivity index (χ3n) is 2.14. The molecule has 1 atom stereocenters. The van der Waals surface area contributed by atoms with Crippen LogP contribution in [0.1, 0.15) is 31.9 Å². The van der Waals surface area contributed by atoms with Gasteiger partial charge in [-0.05, 0) is 31.0 Å². The lowest BCUT2D eigenvalue weighted by molar-refractivity contribution is 0.173. The van der Waals surface area contributed by atoms with E-state index in [1.807, 2.05) is 31.2 Å². The van der Waals surface area contributed by atoms with Crippen molar-refractivity contribution in [3.05, 3.63) is 29.8 Å². The first-order chi connectivity index (χ1) is 7.27. The fraction of sp³-hybridized carbons (Fsp3) is 0.385. The van der Waals surface area contributed by atoms with E-state index in [1.165, 1.54) is 0 Å². The highest BCUT2D eigenvalue weighted by Crippen LogP contribution is 2.19. The van der Waals surface area contributed by atoms with E-state index in [9.17, 15) is 5.11 Å². The molecule has 0 spiro atoms. The summed E-state index contributed by atoms with van der Waals surface area (Å²) in [7, 11) is 0. The molecule has 0 bridgehead atoms. The first kappa shape index (κ1) is 11.6. The zero-order valence-electron chi connectivity index (χ0n) is 9.16. The fourth-order valence-electron chi connectivity index (χ4n) is 1.21. The van der Waals surface area contributed by atoms with Crippen LogP contribution in [0.2, 0.25) is 0 Å². The van der Waals surface area contributed by atoms with Crippen LogP contribution >= 0.6 is 0 Å². The molecular weight excluding hydrogens is 188 g/mol. The van der Waals surface area contributed by atoms with Gasteiger partial charge in [-0.25, -0.2) is 0 Å². The van der Waals surface area contributed by atoms with Gasteiger partial charge in [0.25, 0.3) is 0 Å². The summed E-state index contributed by atoms with van der Waals surface area (Å²) in [5, 5.41) is 9.57. The molecule has 0 heterocycles. The average molecular weight is 204 g/mol. The molecule has 0 saturated heterocycles. The van der Waals surface area contributed by atoms with E-state index in [4.69, 9.17) is 4.74 Å². The van der Waals surface area contributed by atoms with Gasteiger partial charge in [0.2, 0.25) is 0 Å². The molecule has 1 unspecified atom stereocenters. The maximum Gasteiger partial charge on any atom is 0.149 e. The van der Waals surface area contributed by atoms with Crippen LogP contribution in [0.4, 0.5) is 0 Å². The normalized spacial score (nSPS) is 11.4. The Balaban J connectivity index is 2.58. The second-order valence-corrected chi connectivity index (χ2v) is 3.21. The number of hydrogen-bond acceptors (Lipinski definition) is 2. The van der Waals surface area contributed by atoms with E-state index in [0.29, 0.717) is 6.61 Å². The van der Waals surface area contributed by atoms with Crippen LogP contribution in [0.15, 0.2) is 24.3 Å². The van der Waals surface area contributed by atoms with Gasteiger partial charge < -0.3 is 9.84 Å². The van der Waals surface area contributed by atoms with Crippen molar-refractivity contribution in [3.8, 4) is 17.6 Å². The van der Waals surface area contributed by atoms with E-state index < -0.39 is 0 Å². The second-order valence-electron chi connectivity index (χ2n) is 3.21. The van der Waals surface area contributed by atoms with Crippen molar-refractivity contribution < 1.29 is 9.84 Å². The number of benzene rings is 1. The van der Waals surface area contributed by atoms with Crippen LogP contribution in [0.3, 0.4) is 0 Å². The van der Waals surface area contributed by atoms with Crippen LogP contribution in [0.25, 0.3) is 0 Å². The number of rotatable bonds is 4. The van der Waals surface area contributed by atoms with Gasteiger partial charge in [0.15, 0.2) is 0 Å². The van der Waals surface area contributed by atoms with Gasteiger partial charge in [-0.15, -0.1) is 5.92 Å². The van der Waals surface area contributed by atoms with Crippen LogP contribution in [-0.2, 0) is 0 Å². The summed E-state index contributed by atoms with van der Waals surface area (Å²) in [6.45, 7) is 4.14. The van der Waals surface area contributed by atoms with Gasteiger partial charge in [0.1, 0.15) is 12.4 Å². The summed E-state index contributed by atoms with van der Waals surface area (Å²) in [6.07, 6.45) is 0.344. The minimum Gasteiger partial charge on any atom is -0.481 e. The molecule has 1 aromatic rings. The Bertz CT molecular complexity index is 343. The van der Waals surface area contributed by atoms with E-state index in [1.54, 1.807) is 6.92 Å². The molecule has 1 aromatic carbocycles. The summed E-state index contributed by atoms with van der Waals surface area (Å²) >= 11 is 0. The lowest BCUT2D eigenvalue weighted by Crippen LogP contribution is -1.96. The van der Waals surface area contributed by atoms with Gasteiger partial charge in [-0.3, -0.25) is 0 Å². The summed E-state index contributed by atoms with van der Waals surface area (Å²) < 4.78 is 5.36. The lowest BCUT2D eigenvalue weighted by atomic mass is 10.1. The van der Waals surface area contributed by atoms with Gasteiger partial charge in [-0.2, -0.15) is 0 Å². The predicted octanol–water partition coefficient (Wildman–Crippen LogP) is 2.53. The van der Waals surface area contributed by atoms with Crippen molar-refractivity contribution >= 4 is 0 Å². The average Bonchev–Trinajstić information content (AvgIpc) is 2.29. The Labute approximate surface area is 90.9 Å². The van der Waals surface area contributed by atoms with Gasteiger partial charge in [0, 0.05) is 0 Å². The monoisotopic (exact) mass is 204 g/mol. The fourth-order valence-corrected chi connectivity index (χ4v) is 1.21. The number of ether oxygens (including phenoxy) is 1. The summed E-state index contributed by atoms with van der Waals surface area (Å²) in [5.41, 5.74) is 0.923. The minimum atomic E-state index is -0.380.